The van der Waals surface area contributed by atoms with E-state index < -0.39 is 0 Å². The quantitative estimate of drug-likeness (QED) is 0.612. The standard InChI is InChI=1S/C23H27N7O2/c1-3-32-19-7-5-4-6-18(19)25-23(31)30-14-12-29(13-15-30)22-11-10-21(27-28-22)26-20-9-8-17(2)16-24-20/h4-11,16H,3,12-15H2,1-2H3,(H,25,31)(H,24,26,27). The van der Waals surface area contributed by atoms with Crippen molar-refractivity contribution in [2.24, 2.45) is 0 Å². The Morgan fingerprint density at radius 3 is 2.47 bits per heavy atom. The molecule has 0 unspecified atom stereocenters. The number of carbonyl (C=O) groups excluding carboxylic acids is 1. The molecule has 0 bridgehead atoms. The van der Waals surface area contributed by atoms with Crippen LogP contribution in [0.25, 0.3) is 0 Å². The predicted octanol–water partition coefficient (Wildman–Crippen LogP) is 3.68. The van der Waals surface area contributed by atoms with Gasteiger partial charge < -0.3 is 25.2 Å². The fourth-order valence-electron chi connectivity index (χ4n) is 3.42. The molecule has 3 aromatic rings. The summed E-state index contributed by atoms with van der Waals surface area (Å²) in [7, 11) is 0. The number of nitrogens with zero attached hydrogens (tertiary/aromatic N) is 5. The Bertz CT molecular complexity index is 1030. The first-order valence-electron chi connectivity index (χ1n) is 10.7. The van der Waals surface area contributed by atoms with E-state index in [2.05, 4.69) is 30.7 Å². The second-order valence-corrected chi connectivity index (χ2v) is 7.46. The Morgan fingerprint density at radius 1 is 1.00 bits per heavy atom. The first kappa shape index (κ1) is 21.4. The molecule has 2 aromatic heterocycles. The molecule has 3 heterocycles. The van der Waals surface area contributed by atoms with Gasteiger partial charge in [0.15, 0.2) is 11.6 Å². The Kier molecular flexibility index (Phi) is 6.64. The number of hydrogen-bond donors (Lipinski definition) is 2. The summed E-state index contributed by atoms with van der Waals surface area (Å²) in [5.74, 6) is 2.82. The average molecular weight is 434 g/mol. The number of urea groups is 1. The molecule has 0 atom stereocenters. The minimum absolute atomic E-state index is 0.131. The van der Waals surface area contributed by atoms with Gasteiger partial charge in [-0.2, -0.15) is 0 Å². The van der Waals surface area contributed by atoms with Crippen molar-refractivity contribution in [2.45, 2.75) is 13.8 Å². The maximum absolute atomic E-state index is 12.7. The summed E-state index contributed by atoms with van der Waals surface area (Å²) in [5.41, 5.74) is 1.78. The van der Waals surface area contributed by atoms with Crippen LogP contribution in [0.1, 0.15) is 12.5 Å². The van der Waals surface area contributed by atoms with Gasteiger partial charge in [0.25, 0.3) is 0 Å². The van der Waals surface area contributed by atoms with Crippen molar-refractivity contribution in [2.75, 3.05) is 48.3 Å². The number of para-hydroxylation sites is 2. The largest absolute Gasteiger partial charge is 0.492 e. The number of hydrogen-bond acceptors (Lipinski definition) is 7. The smallest absolute Gasteiger partial charge is 0.322 e. The van der Waals surface area contributed by atoms with Crippen LogP contribution in [-0.4, -0.2) is 58.9 Å². The lowest BCUT2D eigenvalue weighted by atomic mass is 10.3. The van der Waals surface area contributed by atoms with Gasteiger partial charge in [0.05, 0.1) is 12.3 Å². The van der Waals surface area contributed by atoms with E-state index in [4.69, 9.17) is 4.74 Å². The van der Waals surface area contributed by atoms with E-state index in [0.29, 0.717) is 50.0 Å². The summed E-state index contributed by atoms with van der Waals surface area (Å²) in [6, 6.07) is 15.0. The molecule has 4 rings (SSSR count). The van der Waals surface area contributed by atoms with Crippen LogP contribution < -0.4 is 20.3 Å². The monoisotopic (exact) mass is 433 g/mol. The van der Waals surface area contributed by atoms with Crippen molar-refractivity contribution < 1.29 is 9.53 Å². The summed E-state index contributed by atoms with van der Waals surface area (Å²) >= 11 is 0. The Labute approximate surface area is 187 Å². The van der Waals surface area contributed by atoms with Crippen molar-refractivity contribution in [1.82, 2.24) is 20.1 Å². The molecule has 0 spiro atoms. The van der Waals surface area contributed by atoms with Crippen LogP contribution >= 0.6 is 0 Å². The molecule has 0 radical (unpaired) electrons. The van der Waals surface area contributed by atoms with Gasteiger partial charge in [-0.1, -0.05) is 18.2 Å². The number of aromatic nitrogens is 3. The molecule has 1 aromatic carbocycles. The SMILES string of the molecule is CCOc1ccccc1NC(=O)N1CCN(c2ccc(Nc3ccc(C)cn3)nn2)CC1. The summed E-state index contributed by atoms with van der Waals surface area (Å²) in [5, 5.41) is 14.7. The number of nitrogens with one attached hydrogen (secondary N) is 2. The molecule has 9 heteroatoms. The number of piperazine rings is 1. The normalized spacial score (nSPS) is 13.6. The minimum Gasteiger partial charge on any atom is -0.492 e. The zero-order chi connectivity index (χ0) is 22.3. The molecule has 2 amide bonds. The molecule has 1 aliphatic heterocycles. The zero-order valence-electron chi connectivity index (χ0n) is 18.3. The van der Waals surface area contributed by atoms with Gasteiger partial charge in [0.2, 0.25) is 0 Å². The fraction of sp³-hybridized carbons (Fsp3) is 0.304. The van der Waals surface area contributed by atoms with Gasteiger partial charge in [-0.15, -0.1) is 10.2 Å². The highest BCUT2D eigenvalue weighted by Gasteiger charge is 2.23. The van der Waals surface area contributed by atoms with Crippen LogP contribution in [0.5, 0.6) is 5.75 Å². The number of ether oxygens (including phenoxy) is 1. The van der Waals surface area contributed by atoms with Gasteiger partial charge in [-0.05, 0) is 49.7 Å². The molecule has 32 heavy (non-hydrogen) atoms. The maximum atomic E-state index is 12.7. The molecular formula is C23H27N7O2. The van der Waals surface area contributed by atoms with Crippen molar-refractivity contribution >= 4 is 29.2 Å². The molecule has 0 saturated carbocycles. The van der Waals surface area contributed by atoms with Crippen molar-refractivity contribution in [3.63, 3.8) is 0 Å². The van der Waals surface area contributed by atoms with E-state index in [9.17, 15) is 4.79 Å². The van der Waals surface area contributed by atoms with E-state index in [-0.39, 0.29) is 6.03 Å². The Morgan fingerprint density at radius 2 is 1.78 bits per heavy atom. The van der Waals surface area contributed by atoms with Crippen LogP contribution in [0.3, 0.4) is 0 Å². The lowest BCUT2D eigenvalue weighted by molar-refractivity contribution is 0.208. The highest BCUT2D eigenvalue weighted by atomic mass is 16.5. The van der Waals surface area contributed by atoms with E-state index in [1.165, 1.54) is 0 Å². The first-order chi connectivity index (χ1) is 15.6. The number of rotatable bonds is 6. The second-order valence-electron chi connectivity index (χ2n) is 7.46. The Balaban J connectivity index is 1.30. The summed E-state index contributed by atoms with van der Waals surface area (Å²) < 4.78 is 5.59. The number of aryl methyl sites for hydroxylation is 1. The second kappa shape index (κ2) is 9.95. The summed E-state index contributed by atoms with van der Waals surface area (Å²) in [6.45, 7) is 7.01. The van der Waals surface area contributed by atoms with Crippen molar-refractivity contribution in [1.29, 1.82) is 0 Å². The minimum atomic E-state index is -0.131. The predicted molar refractivity (Wildman–Crippen MR) is 125 cm³/mol. The molecule has 166 valence electrons. The summed E-state index contributed by atoms with van der Waals surface area (Å²) in [6.07, 6.45) is 1.80. The van der Waals surface area contributed by atoms with Crippen LogP contribution in [-0.2, 0) is 0 Å². The van der Waals surface area contributed by atoms with E-state index >= 15 is 0 Å². The van der Waals surface area contributed by atoms with Crippen LogP contribution in [0.4, 0.5) is 27.9 Å². The average Bonchev–Trinajstić information content (AvgIpc) is 2.83. The van der Waals surface area contributed by atoms with Crippen LogP contribution in [0, 0.1) is 6.92 Å². The van der Waals surface area contributed by atoms with Gasteiger partial charge in [0.1, 0.15) is 11.6 Å². The highest BCUT2D eigenvalue weighted by molar-refractivity contribution is 5.91. The maximum Gasteiger partial charge on any atom is 0.322 e. The molecule has 1 aliphatic rings. The zero-order valence-corrected chi connectivity index (χ0v) is 18.3. The highest BCUT2D eigenvalue weighted by Crippen LogP contribution is 2.24. The van der Waals surface area contributed by atoms with Crippen molar-refractivity contribution in [3.05, 3.63) is 60.3 Å². The molecule has 2 N–H and O–H groups in total. The number of carbonyl (C=O) groups is 1. The third kappa shape index (κ3) is 5.23. The number of pyridine rings is 1. The fourth-order valence-corrected chi connectivity index (χ4v) is 3.42. The van der Waals surface area contributed by atoms with Crippen LogP contribution in [0.2, 0.25) is 0 Å². The molecule has 0 aliphatic carbocycles. The van der Waals surface area contributed by atoms with Gasteiger partial charge in [-0.25, -0.2) is 9.78 Å². The van der Waals surface area contributed by atoms with Gasteiger partial charge >= 0.3 is 6.03 Å². The third-order valence-corrected chi connectivity index (χ3v) is 5.14. The topological polar surface area (TPSA) is 95.5 Å². The number of benzene rings is 1. The molecule has 1 saturated heterocycles. The van der Waals surface area contributed by atoms with E-state index in [1.807, 2.05) is 62.4 Å². The molecule has 9 nitrogen and oxygen atoms in total. The van der Waals surface area contributed by atoms with Crippen molar-refractivity contribution in [3.8, 4) is 5.75 Å². The number of anilines is 4. The van der Waals surface area contributed by atoms with E-state index in [0.717, 1.165) is 17.2 Å². The van der Waals surface area contributed by atoms with Gasteiger partial charge in [0, 0.05) is 32.4 Å². The van der Waals surface area contributed by atoms with Crippen LogP contribution in [0.15, 0.2) is 54.7 Å². The molecular weight excluding hydrogens is 406 g/mol. The lowest BCUT2D eigenvalue weighted by Gasteiger charge is -2.35. The lowest BCUT2D eigenvalue weighted by Crippen LogP contribution is -2.50. The first-order valence-corrected chi connectivity index (χ1v) is 10.7. The third-order valence-electron chi connectivity index (χ3n) is 5.14. The van der Waals surface area contributed by atoms with Gasteiger partial charge in [-0.3, -0.25) is 0 Å². The molecule has 1 fully saturated rings. The Hall–Kier alpha value is -3.88. The van der Waals surface area contributed by atoms with E-state index in [1.54, 1.807) is 11.1 Å². The number of amides is 2. The summed E-state index contributed by atoms with van der Waals surface area (Å²) in [4.78, 5) is 20.9.